The van der Waals surface area contributed by atoms with Crippen LogP contribution in [-0.4, -0.2) is 31.0 Å². The molecule has 2 nitrogen and oxygen atoms in total. The first kappa shape index (κ1) is 28.7. The van der Waals surface area contributed by atoms with Crippen LogP contribution in [0.15, 0.2) is 64.3 Å². The van der Waals surface area contributed by atoms with Crippen molar-refractivity contribution >= 4 is 29.9 Å². The van der Waals surface area contributed by atoms with Crippen LogP contribution < -0.4 is 0 Å². The summed E-state index contributed by atoms with van der Waals surface area (Å²) in [5.41, 5.74) is 3.82. The first-order chi connectivity index (χ1) is 16.6. The molecule has 0 amide bonds. The molecule has 0 aliphatic carbocycles. The van der Waals surface area contributed by atoms with Crippen LogP contribution in [0, 0.1) is 0 Å². The van der Waals surface area contributed by atoms with Gasteiger partial charge in [0.05, 0.1) is 0 Å². The third-order valence-corrected chi connectivity index (χ3v) is 22.7. The second-order valence-corrected chi connectivity index (χ2v) is 22.5. The molecule has 0 atom stereocenters. The molecule has 0 saturated heterocycles. The number of unbranched alkanes of at least 4 members (excludes halogenated alkanes) is 3. The molecule has 0 heterocycles. The van der Waals surface area contributed by atoms with E-state index in [0.29, 0.717) is 6.61 Å². The van der Waals surface area contributed by atoms with E-state index in [1.807, 2.05) is 6.92 Å². The van der Waals surface area contributed by atoms with Crippen LogP contribution in [0.2, 0.25) is 13.3 Å². The normalized spacial score (nSPS) is 12.4. The summed E-state index contributed by atoms with van der Waals surface area (Å²) in [6.07, 6.45) is 9.11. The quantitative estimate of drug-likeness (QED) is 0.115. The molecule has 34 heavy (non-hydrogen) atoms. The molecular weight excluding hydrogens is 523 g/mol. The van der Waals surface area contributed by atoms with Gasteiger partial charge in [0.2, 0.25) is 0 Å². The van der Waals surface area contributed by atoms with E-state index in [2.05, 4.69) is 81.4 Å². The molecule has 0 aromatic heterocycles. The summed E-state index contributed by atoms with van der Waals surface area (Å²) in [6, 6.07) is 21.4. The van der Waals surface area contributed by atoms with Crippen LogP contribution >= 0.6 is 0 Å². The molecule has 0 aliphatic heterocycles. The molecule has 0 fully saturated rings. The Kier molecular flexibility index (Phi) is 13.7. The summed E-state index contributed by atoms with van der Waals surface area (Å²) in [5, 5.41) is 0. The number of rotatable bonds is 16. The van der Waals surface area contributed by atoms with Gasteiger partial charge in [-0.2, -0.15) is 0 Å². The monoisotopic (exact) mass is 570 g/mol. The van der Waals surface area contributed by atoms with Crippen molar-refractivity contribution in [2.45, 2.75) is 92.4 Å². The minimum atomic E-state index is -3.06. The Balaban J connectivity index is 2.73. The van der Waals surface area contributed by atoms with E-state index in [9.17, 15) is 4.79 Å². The predicted octanol–water partition coefficient (Wildman–Crippen LogP) is 9.02. The zero-order valence-corrected chi connectivity index (χ0v) is 24.9. The summed E-state index contributed by atoms with van der Waals surface area (Å²) >= 11 is -3.06. The van der Waals surface area contributed by atoms with Crippen LogP contribution in [0.3, 0.4) is 0 Å². The SMILES string of the molecule is CCC[CH2][Sn]([CH2]CCC)([CH2]CCC)/[C](C(=O)OCC)=C(\CCc1ccccc1)c1ccccc1. The van der Waals surface area contributed by atoms with Crippen molar-refractivity contribution in [2.75, 3.05) is 6.61 Å². The van der Waals surface area contributed by atoms with Gasteiger partial charge in [0.15, 0.2) is 0 Å². The van der Waals surface area contributed by atoms with Gasteiger partial charge in [-0.3, -0.25) is 0 Å². The Morgan fingerprint density at radius 1 is 0.735 bits per heavy atom. The third kappa shape index (κ3) is 8.59. The van der Waals surface area contributed by atoms with E-state index in [0.717, 1.165) is 12.8 Å². The molecule has 0 unspecified atom stereocenters. The van der Waals surface area contributed by atoms with Crippen LogP contribution in [-0.2, 0) is 16.0 Å². The van der Waals surface area contributed by atoms with E-state index in [4.69, 9.17) is 4.74 Å². The Bertz CT molecular complexity index is 836. The Hall–Kier alpha value is -1.55. The Morgan fingerprint density at radius 3 is 1.71 bits per heavy atom. The van der Waals surface area contributed by atoms with Gasteiger partial charge in [-0.25, -0.2) is 0 Å². The second-order valence-electron chi connectivity index (χ2n) is 9.52. The van der Waals surface area contributed by atoms with Crippen LogP contribution in [0.4, 0.5) is 0 Å². The van der Waals surface area contributed by atoms with E-state index < -0.39 is 18.4 Å². The first-order valence-corrected chi connectivity index (χ1v) is 21.1. The van der Waals surface area contributed by atoms with Crippen molar-refractivity contribution in [1.29, 1.82) is 0 Å². The first-order valence-electron chi connectivity index (χ1n) is 13.6. The molecule has 2 rings (SSSR count). The molecule has 0 radical (unpaired) electrons. The maximum absolute atomic E-state index is 13.9. The molecule has 186 valence electrons. The second kappa shape index (κ2) is 16.2. The number of benzene rings is 2. The summed E-state index contributed by atoms with van der Waals surface area (Å²) in [7, 11) is 0. The van der Waals surface area contributed by atoms with Crippen molar-refractivity contribution < 1.29 is 9.53 Å². The number of aryl methyl sites for hydroxylation is 1. The average molecular weight is 569 g/mol. The standard InChI is InChI=1S/C19H19O2.3C4H9.Sn/c1-2-21-19(20)15-18(17-11-7-4-8-12-17)14-13-16-9-5-3-6-10-16;3*1-3-4-2;/h3-12H,2,13-14H2,1H3;3*1,3-4H2,2H3;. The zero-order valence-electron chi connectivity index (χ0n) is 22.1. The van der Waals surface area contributed by atoms with Gasteiger partial charge in [0.1, 0.15) is 0 Å². The van der Waals surface area contributed by atoms with Crippen molar-refractivity contribution in [2.24, 2.45) is 0 Å². The van der Waals surface area contributed by atoms with Gasteiger partial charge in [-0.15, -0.1) is 0 Å². The number of carbonyl (C=O) groups excluding carboxylic acids is 1. The molecule has 0 saturated carbocycles. The third-order valence-electron chi connectivity index (χ3n) is 6.97. The predicted molar refractivity (Wildman–Crippen MR) is 150 cm³/mol. The van der Waals surface area contributed by atoms with Crippen molar-refractivity contribution in [1.82, 2.24) is 0 Å². The molecule has 0 N–H and O–H groups in total. The molecule has 0 spiro atoms. The number of esters is 1. The summed E-state index contributed by atoms with van der Waals surface area (Å²) in [4.78, 5) is 13.9. The fourth-order valence-electron chi connectivity index (χ4n) is 5.13. The molecule has 0 aliphatic rings. The van der Waals surface area contributed by atoms with Crippen molar-refractivity contribution in [3.05, 3.63) is 75.4 Å². The zero-order chi connectivity index (χ0) is 24.7. The van der Waals surface area contributed by atoms with Gasteiger partial charge in [-0.1, -0.05) is 0 Å². The number of ether oxygens (including phenoxy) is 1. The summed E-state index contributed by atoms with van der Waals surface area (Å²) in [5.74, 6) is -0.00600. The van der Waals surface area contributed by atoms with Gasteiger partial charge < -0.3 is 0 Å². The van der Waals surface area contributed by atoms with Gasteiger partial charge in [-0.05, 0) is 0 Å². The molecular formula is C31H46O2Sn. The van der Waals surface area contributed by atoms with E-state index in [1.165, 1.54) is 72.1 Å². The Morgan fingerprint density at radius 2 is 1.24 bits per heavy atom. The number of carbonyl (C=O) groups is 1. The van der Waals surface area contributed by atoms with Gasteiger partial charge >= 0.3 is 214 Å². The van der Waals surface area contributed by atoms with E-state index in [1.54, 1.807) is 0 Å². The molecule has 0 bridgehead atoms. The summed E-state index contributed by atoms with van der Waals surface area (Å²) < 4.78 is 10.8. The number of hydrogen-bond donors (Lipinski definition) is 0. The fraction of sp³-hybridized carbons (Fsp3) is 0.516. The fourth-order valence-corrected chi connectivity index (χ4v) is 22.3. The number of allylic oxidation sites excluding steroid dienone is 1. The van der Waals surface area contributed by atoms with E-state index in [-0.39, 0.29) is 5.97 Å². The van der Waals surface area contributed by atoms with Gasteiger partial charge in [0.25, 0.3) is 0 Å². The maximum atomic E-state index is 13.9. The molecule has 2 aromatic rings. The Labute approximate surface area is 213 Å². The van der Waals surface area contributed by atoms with Crippen LogP contribution in [0.5, 0.6) is 0 Å². The van der Waals surface area contributed by atoms with Crippen molar-refractivity contribution in [3.63, 3.8) is 0 Å². The van der Waals surface area contributed by atoms with Gasteiger partial charge in [0, 0.05) is 0 Å². The average Bonchev–Trinajstić information content (AvgIpc) is 2.88. The number of hydrogen-bond acceptors (Lipinski definition) is 2. The minimum absolute atomic E-state index is 0.00600. The topological polar surface area (TPSA) is 26.3 Å². The molecule has 3 heteroatoms. The molecule has 2 aromatic carbocycles. The summed E-state index contributed by atoms with van der Waals surface area (Å²) in [6.45, 7) is 9.26. The van der Waals surface area contributed by atoms with E-state index >= 15 is 0 Å². The van der Waals surface area contributed by atoms with Crippen LogP contribution in [0.25, 0.3) is 5.57 Å². The van der Waals surface area contributed by atoms with Crippen molar-refractivity contribution in [3.8, 4) is 0 Å². The van der Waals surface area contributed by atoms with Crippen LogP contribution in [0.1, 0.15) is 83.8 Å².